The molecule has 5 aromatic rings. The number of benzene rings is 2. The molecule has 0 unspecified atom stereocenters. The van der Waals surface area contributed by atoms with Crippen LogP contribution < -0.4 is 9.47 Å². The maximum Gasteiger partial charge on any atom is 0.192 e. The molecule has 0 spiro atoms. The fourth-order valence-corrected chi connectivity index (χ4v) is 3.33. The van der Waals surface area contributed by atoms with Crippen molar-refractivity contribution in [2.24, 2.45) is 0 Å². The van der Waals surface area contributed by atoms with Gasteiger partial charge in [0.25, 0.3) is 0 Å². The number of methoxy groups -OCH3 is 1. The molecule has 3 aromatic heterocycles. The van der Waals surface area contributed by atoms with E-state index in [-0.39, 0.29) is 12.4 Å². The standard InChI is InChI=1S/C23H18FN5O2/c1-14-3-4-15(11-18(14)24)19-7-8-22-26-27-23(29(22)28-19)13-31-21-9-10-25-20-12-16(30-2)5-6-17(20)21/h3-12H,13H2,1-2H3. The largest absolute Gasteiger partial charge is 0.497 e. The Morgan fingerprint density at radius 3 is 2.74 bits per heavy atom. The highest BCUT2D eigenvalue weighted by Crippen LogP contribution is 2.27. The van der Waals surface area contributed by atoms with Crippen LogP contribution in [0.25, 0.3) is 27.8 Å². The van der Waals surface area contributed by atoms with Crippen molar-refractivity contribution < 1.29 is 13.9 Å². The molecule has 31 heavy (non-hydrogen) atoms. The minimum atomic E-state index is -0.270. The van der Waals surface area contributed by atoms with Crippen LogP contribution in [0.2, 0.25) is 0 Å². The van der Waals surface area contributed by atoms with Gasteiger partial charge in [-0.2, -0.15) is 9.61 Å². The first-order chi connectivity index (χ1) is 15.1. The van der Waals surface area contributed by atoms with Gasteiger partial charge < -0.3 is 9.47 Å². The summed E-state index contributed by atoms with van der Waals surface area (Å²) >= 11 is 0. The van der Waals surface area contributed by atoms with E-state index in [1.165, 1.54) is 6.07 Å². The van der Waals surface area contributed by atoms with E-state index in [2.05, 4.69) is 20.3 Å². The van der Waals surface area contributed by atoms with Crippen molar-refractivity contribution >= 4 is 16.6 Å². The third-order valence-corrected chi connectivity index (χ3v) is 5.06. The van der Waals surface area contributed by atoms with E-state index in [0.29, 0.717) is 34.0 Å². The molecule has 0 atom stereocenters. The number of ether oxygens (including phenoxy) is 2. The number of aromatic nitrogens is 5. The van der Waals surface area contributed by atoms with E-state index in [0.717, 1.165) is 16.7 Å². The number of hydrogen-bond acceptors (Lipinski definition) is 6. The van der Waals surface area contributed by atoms with Gasteiger partial charge in [0.1, 0.15) is 23.9 Å². The van der Waals surface area contributed by atoms with Gasteiger partial charge in [-0.3, -0.25) is 4.98 Å². The number of hydrogen-bond donors (Lipinski definition) is 0. The first kappa shape index (κ1) is 18.9. The molecule has 0 fully saturated rings. The molecular weight excluding hydrogens is 397 g/mol. The summed E-state index contributed by atoms with van der Waals surface area (Å²) in [4.78, 5) is 4.37. The zero-order chi connectivity index (χ0) is 21.4. The molecule has 154 valence electrons. The average Bonchev–Trinajstić information content (AvgIpc) is 3.21. The summed E-state index contributed by atoms with van der Waals surface area (Å²) in [6.07, 6.45) is 1.68. The normalized spacial score (nSPS) is 11.2. The number of nitrogens with zero attached hydrogens (tertiary/aromatic N) is 5. The number of pyridine rings is 1. The van der Waals surface area contributed by atoms with Crippen molar-refractivity contribution in [3.8, 4) is 22.8 Å². The Bertz CT molecular complexity index is 1420. The summed E-state index contributed by atoms with van der Waals surface area (Å²) in [7, 11) is 1.62. The summed E-state index contributed by atoms with van der Waals surface area (Å²) < 4.78 is 26.9. The maximum absolute atomic E-state index is 14.0. The van der Waals surface area contributed by atoms with Crippen LogP contribution in [0.5, 0.6) is 11.5 Å². The lowest BCUT2D eigenvalue weighted by Crippen LogP contribution is -2.05. The van der Waals surface area contributed by atoms with Gasteiger partial charge in [0.15, 0.2) is 11.5 Å². The van der Waals surface area contributed by atoms with Crippen molar-refractivity contribution in [1.82, 2.24) is 24.8 Å². The molecule has 0 aliphatic heterocycles. The van der Waals surface area contributed by atoms with Crippen LogP contribution in [0, 0.1) is 12.7 Å². The molecule has 3 heterocycles. The lowest BCUT2D eigenvalue weighted by Gasteiger charge is -2.09. The highest BCUT2D eigenvalue weighted by Gasteiger charge is 2.12. The van der Waals surface area contributed by atoms with Crippen LogP contribution >= 0.6 is 0 Å². The lowest BCUT2D eigenvalue weighted by molar-refractivity contribution is 0.296. The van der Waals surface area contributed by atoms with Gasteiger partial charge in [0, 0.05) is 23.2 Å². The second-order valence-electron chi connectivity index (χ2n) is 7.05. The monoisotopic (exact) mass is 415 g/mol. The van der Waals surface area contributed by atoms with Crippen molar-refractivity contribution in [3.63, 3.8) is 0 Å². The third kappa shape index (κ3) is 3.52. The van der Waals surface area contributed by atoms with Crippen molar-refractivity contribution in [3.05, 3.63) is 78.0 Å². The highest BCUT2D eigenvalue weighted by molar-refractivity contribution is 5.85. The topological polar surface area (TPSA) is 74.4 Å². The zero-order valence-corrected chi connectivity index (χ0v) is 16.9. The van der Waals surface area contributed by atoms with E-state index in [1.807, 2.05) is 24.3 Å². The molecule has 0 aliphatic carbocycles. The van der Waals surface area contributed by atoms with E-state index in [9.17, 15) is 4.39 Å². The second kappa shape index (κ2) is 7.64. The Morgan fingerprint density at radius 2 is 1.90 bits per heavy atom. The number of fused-ring (bicyclic) bond motifs is 2. The van der Waals surface area contributed by atoms with Crippen LogP contribution in [0.1, 0.15) is 11.4 Å². The fourth-order valence-electron chi connectivity index (χ4n) is 3.33. The molecule has 0 N–H and O–H groups in total. The molecule has 0 saturated carbocycles. The van der Waals surface area contributed by atoms with Gasteiger partial charge in [-0.1, -0.05) is 12.1 Å². The number of halogens is 1. The Kier molecular flexibility index (Phi) is 4.66. The molecule has 2 aromatic carbocycles. The van der Waals surface area contributed by atoms with Crippen molar-refractivity contribution in [2.45, 2.75) is 13.5 Å². The van der Waals surface area contributed by atoms with E-state index >= 15 is 0 Å². The number of rotatable bonds is 5. The zero-order valence-electron chi connectivity index (χ0n) is 16.9. The van der Waals surface area contributed by atoms with E-state index in [1.54, 1.807) is 49.0 Å². The van der Waals surface area contributed by atoms with Gasteiger partial charge >= 0.3 is 0 Å². The average molecular weight is 415 g/mol. The van der Waals surface area contributed by atoms with Crippen LogP contribution in [0.15, 0.2) is 60.8 Å². The summed E-state index contributed by atoms with van der Waals surface area (Å²) in [5.41, 5.74) is 3.24. The Hall–Kier alpha value is -4.07. The molecular formula is C23H18FN5O2. The molecule has 7 nitrogen and oxygen atoms in total. The van der Waals surface area contributed by atoms with E-state index in [4.69, 9.17) is 9.47 Å². The minimum Gasteiger partial charge on any atom is -0.497 e. The lowest BCUT2D eigenvalue weighted by atomic mass is 10.1. The molecule has 0 radical (unpaired) electrons. The van der Waals surface area contributed by atoms with Gasteiger partial charge in [-0.25, -0.2) is 4.39 Å². The summed E-state index contributed by atoms with van der Waals surface area (Å²) in [6.45, 7) is 1.88. The van der Waals surface area contributed by atoms with Crippen LogP contribution in [0.4, 0.5) is 4.39 Å². The van der Waals surface area contributed by atoms with Gasteiger partial charge in [-0.15, -0.1) is 10.2 Å². The van der Waals surface area contributed by atoms with Crippen LogP contribution in [0.3, 0.4) is 0 Å². The predicted octanol–water partition coefficient (Wildman–Crippen LogP) is 4.37. The maximum atomic E-state index is 14.0. The Labute approximate surface area is 177 Å². The SMILES string of the molecule is COc1ccc2c(OCc3nnc4ccc(-c5ccc(C)c(F)c5)nn34)ccnc2c1. The van der Waals surface area contributed by atoms with Gasteiger partial charge in [0.2, 0.25) is 0 Å². The van der Waals surface area contributed by atoms with Gasteiger partial charge in [0.05, 0.1) is 18.3 Å². The van der Waals surface area contributed by atoms with Crippen LogP contribution in [-0.2, 0) is 6.61 Å². The van der Waals surface area contributed by atoms with Crippen LogP contribution in [-0.4, -0.2) is 31.9 Å². The first-order valence-electron chi connectivity index (χ1n) is 9.66. The third-order valence-electron chi connectivity index (χ3n) is 5.06. The highest BCUT2D eigenvalue weighted by atomic mass is 19.1. The molecule has 8 heteroatoms. The molecule has 5 rings (SSSR count). The summed E-state index contributed by atoms with van der Waals surface area (Å²) in [5.74, 6) is 1.65. The fraction of sp³-hybridized carbons (Fsp3) is 0.130. The smallest absolute Gasteiger partial charge is 0.192 e. The minimum absolute atomic E-state index is 0.158. The predicted molar refractivity (Wildman–Crippen MR) is 114 cm³/mol. The van der Waals surface area contributed by atoms with Gasteiger partial charge in [-0.05, 0) is 48.9 Å². The summed E-state index contributed by atoms with van der Waals surface area (Å²) in [6, 6.07) is 16.0. The first-order valence-corrected chi connectivity index (χ1v) is 9.66. The quantitative estimate of drug-likeness (QED) is 0.424. The Balaban J connectivity index is 1.46. The molecule has 0 amide bonds. The van der Waals surface area contributed by atoms with Crippen molar-refractivity contribution in [2.75, 3.05) is 7.11 Å². The molecule has 0 saturated heterocycles. The summed E-state index contributed by atoms with van der Waals surface area (Å²) in [5, 5.41) is 13.8. The Morgan fingerprint density at radius 1 is 1.00 bits per heavy atom. The van der Waals surface area contributed by atoms with Crippen molar-refractivity contribution in [1.29, 1.82) is 0 Å². The molecule has 0 aliphatic rings. The second-order valence-corrected chi connectivity index (χ2v) is 7.05. The van der Waals surface area contributed by atoms with E-state index < -0.39 is 0 Å². The molecule has 0 bridgehead atoms. The number of aryl methyl sites for hydroxylation is 1.